The van der Waals surface area contributed by atoms with E-state index in [9.17, 15) is 5.26 Å². The zero-order valence-electron chi connectivity index (χ0n) is 10.6. The van der Waals surface area contributed by atoms with Crippen LogP contribution >= 0.6 is 23.2 Å². The lowest BCUT2D eigenvalue weighted by Gasteiger charge is -2.07. The van der Waals surface area contributed by atoms with Crippen molar-refractivity contribution in [3.8, 4) is 6.07 Å². The molecule has 0 heterocycles. The molecule has 0 spiro atoms. The van der Waals surface area contributed by atoms with Crippen LogP contribution < -0.4 is 5.73 Å². The molecule has 2 N–H and O–H groups in total. The molecule has 0 aliphatic carbocycles. The van der Waals surface area contributed by atoms with Crippen molar-refractivity contribution in [2.45, 2.75) is 6.42 Å². The van der Waals surface area contributed by atoms with E-state index in [0.29, 0.717) is 27.7 Å². The Morgan fingerprint density at radius 1 is 0.950 bits per heavy atom. The van der Waals surface area contributed by atoms with Crippen molar-refractivity contribution >= 4 is 28.8 Å². The number of halogens is 2. The van der Waals surface area contributed by atoms with E-state index >= 15 is 0 Å². The molecule has 0 atom stereocenters. The van der Waals surface area contributed by atoms with Crippen LogP contribution in [0.2, 0.25) is 10.0 Å². The van der Waals surface area contributed by atoms with Gasteiger partial charge in [0.25, 0.3) is 0 Å². The molecule has 20 heavy (non-hydrogen) atoms. The first kappa shape index (κ1) is 14.5. The average Bonchev–Trinajstić information content (AvgIpc) is 2.44. The third-order valence-electron chi connectivity index (χ3n) is 2.87. The molecule has 0 aliphatic rings. The first-order chi connectivity index (χ1) is 9.60. The van der Waals surface area contributed by atoms with Crippen LogP contribution in [0.1, 0.15) is 11.1 Å². The third-order valence-corrected chi connectivity index (χ3v) is 3.38. The molecule has 2 aromatic rings. The minimum atomic E-state index is 0.469. The Hall–Kier alpha value is -1.95. The zero-order chi connectivity index (χ0) is 14.5. The Bertz CT molecular complexity index is 665. The van der Waals surface area contributed by atoms with Crippen LogP contribution in [0, 0.1) is 11.3 Å². The van der Waals surface area contributed by atoms with E-state index in [2.05, 4.69) is 6.07 Å². The quantitative estimate of drug-likeness (QED) is 0.853. The van der Waals surface area contributed by atoms with Crippen LogP contribution in [0.4, 0.5) is 0 Å². The van der Waals surface area contributed by atoms with Gasteiger partial charge >= 0.3 is 0 Å². The highest BCUT2D eigenvalue weighted by molar-refractivity contribution is 6.30. The van der Waals surface area contributed by atoms with Gasteiger partial charge < -0.3 is 5.73 Å². The molecule has 0 fully saturated rings. The minimum Gasteiger partial charge on any atom is -0.401 e. The second-order valence-electron chi connectivity index (χ2n) is 4.32. The van der Waals surface area contributed by atoms with Crippen molar-refractivity contribution in [3.63, 3.8) is 0 Å². The lowest BCUT2D eigenvalue weighted by molar-refractivity contribution is 1.12. The summed E-state index contributed by atoms with van der Waals surface area (Å²) in [6.45, 7) is 0. The summed E-state index contributed by atoms with van der Waals surface area (Å²) >= 11 is 11.7. The van der Waals surface area contributed by atoms with Gasteiger partial charge in [0, 0.05) is 22.2 Å². The number of hydrogen-bond donors (Lipinski definition) is 1. The Morgan fingerprint density at radius 3 is 1.95 bits per heavy atom. The molecule has 0 aromatic heterocycles. The number of benzene rings is 2. The fourth-order valence-corrected chi connectivity index (χ4v) is 2.10. The van der Waals surface area contributed by atoms with Gasteiger partial charge in [-0.1, -0.05) is 47.5 Å². The van der Waals surface area contributed by atoms with Crippen molar-refractivity contribution in [1.29, 1.82) is 5.26 Å². The second-order valence-corrected chi connectivity index (χ2v) is 5.20. The van der Waals surface area contributed by atoms with E-state index in [1.54, 1.807) is 36.4 Å². The smallest absolute Gasteiger partial charge is 0.102 e. The van der Waals surface area contributed by atoms with E-state index in [1.807, 2.05) is 12.1 Å². The predicted molar refractivity (Wildman–Crippen MR) is 83.3 cm³/mol. The summed E-state index contributed by atoms with van der Waals surface area (Å²) in [5.41, 5.74) is 8.83. The van der Waals surface area contributed by atoms with E-state index < -0.39 is 0 Å². The minimum absolute atomic E-state index is 0.469. The Balaban J connectivity index is 2.30. The lowest BCUT2D eigenvalue weighted by Crippen LogP contribution is -2.05. The summed E-state index contributed by atoms with van der Waals surface area (Å²) in [6, 6.07) is 16.6. The van der Waals surface area contributed by atoms with Crippen molar-refractivity contribution in [3.05, 3.63) is 75.4 Å². The van der Waals surface area contributed by atoms with Gasteiger partial charge in [-0.2, -0.15) is 5.26 Å². The van der Waals surface area contributed by atoms with Gasteiger partial charge in [0.2, 0.25) is 0 Å². The van der Waals surface area contributed by atoms with Crippen LogP contribution in [0.3, 0.4) is 0 Å². The highest BCUT2D eigenvalue weighted by Crippen LogP contribution is 2.21. The normalized spacial score (nSPS) is 11.7. The molecule has 0 saturated carbocycles. The van der Waals surface area contributed by atoms with Gasteiger partial charge in [-0.25, -0.2) is 0 Å². The molecule has 100 valence electrons. The van der Waals surface area contributed by atoms with Gasteiger partial charge in [0.1, 0.15) is 6.07 Å². The van der Waals surface area contributed by atoms with Crippen molar-refractivity contribution in [2.24, 2.45) is 5.73 Å². The first-order valence-corrected chi connectivity index (χ1v) is 6.75. The molecule has 0 unspecified atom stereocenters. The summed E-state index contributed by atoms with van der Waals surface area (Å²) < 4.78 is 0. The largest absolute Gasteiger partial charge is 0.401 e. The van der Waals surface area contributed by atoms with Crippen molar-refractivity contribution in [1.82, 2.24) is 0 Å². The Kier molecular flexibility index (Phi) is 4.68. The fraction of sp³-hybridized carbons (Fsp3) is 0.0625. The average molecular weight is 303 g/mol. The molecular formula is C16H12Cl2N2. The maximum Gasteiger partial charge on any atom is 0.102 e. The van der Waals surface area contributed by atoms with Gasteiger partial charge in [-0.05, 0) is 35.4 Å². The predicted octanol–water partition coefficient (Wildman–Crippen LogP) is 4.43. The molecule has 4 heteroatoms. The maximum absolute atomic E-state index is 9.30. The molecule has 0 amide bonds. The summed E-state index contributed by atoms with van der Waals surface area (Å²) in [7, 11) is 0. The Labute approximate surface area is 128 Å². The van der Waals surface area contributed by atoms with Crippen LogP contribution in [0.5, 0.6) is 0 Å². The van der Waals surface area contributed by atoms with Crippen LogP contribution in [-0.2, 0) is 6.42 Å². The zero-order valence-corrected chi connectivity index (χ0v) is 12.1. The van der Waals surface area contributed by atoms with E-state index in [-0.39, 0.29) is 0 Å². The molecule has 0 aliphatic heterocycles. The third kappa shape index (κ3) is 3.54. The number of rotatable bonds is 3. The molecule has 0 radical (unpaired) electrons. The first-order valence-electron chi connectivity index (χ1n) is 5.99. The highest BCUT2D eigenvalue weighted by Gasteiger charge is 2.07. The maximum atomic E-state index is 9.30. The van der Waals surface area contributed by atoms with Crippen molar-refractivity contribution < 1.29 is 0 Å². The van der Waals surface area contributed by atoms with Crippen LogP contribution in [0.25, 0.3) is 5.57 Å². The van der Waals surface area contributed by atoms with Crippen LogP contribution in [-0.4, -0.2) is 0 Å². The van der Waals surface area contributed by atoms with E-state index in [4.69, 9.17) is 28.9 Å². The number of nitrogens with zero attached hydrogens (tertiary/aromatic N) is 1. The topological polar surface area (TPSA) is 49.8 Å². The Morgan fingerprint density at radius 2 is 1.45 bits per heavy atom. The number of nitriles is 1. The molecular weight excluding hydrogens is 291 g/mol. The summed E-state index contributed by atoms with van der Waals surface area (Å²) in [5, 5.41) is 10.6. The lowest BCUT2D eigenvalue weighted by atomic mass is 10.0. The molecule has 2 rings (SSSR count). The fourth-order valence-electron chi connectivity index (χ4n) is 1.85. The van der Waals surface area contributed by atoms with Gasteiger partial charge in [0.05, 0.1) is 5.57 Å². The van der Waals surface area contributed by atoms with Gasteiger partial charge in [-0.15, -0.1) is 0 Å². The summed E-state index contributed by atoms with van der Waals surface area (Å²) in [6.07, 6.45) is 0.503. The molecule has 2 nitrogen and oxygen atoms in total. The summed E-state index contributed by atoms with van der Waals surface area (Å²) in [4.78, 5) is 0. The second kappa shape index (κ2) is 6.47. The number of nitrogens with two attached hydrogens (primary N) is 1. The van der Waals surface area contributed by atoms with Crippen molar-refractivity contribution in [2.75, 3.05) is 0 Å². The number of allylic oxidation sites excluding steroid dienone is 2. The van der Waals surface area contributed by atoms with Gasteiger partial charge in [0.15, 0.2) is 0 Å². The standard InChI is InChI=1S/C16H12Cl2N2/c17-13-5-1-11(2-6-13)9-16(20)15(10-19)12-3-7-14(18)8-4-12/h1-8H,9,20H2/b16-15-. The summed E-state index contributed by atoms with van der Waals surface area (Å²) in [5.74, 6) is 0. The molecule has 2 aromatic carbocycles. The SMILES string of the molecule is N#C/C(=C(/N)Cc1ccc(Cl)cc1)c1ccc(Cl)cc1. The van der Waals surface area contributed by atoms with Crippen LogP contribution in [0.15, 0.2) is 54.2 Å². The molecule has 0 saturated heterocycles. The van der Waals surface area contributed by atoms with Gasteiger partial charge in [-0.3, -0.25) is 0 Å². The monoisotopic (exact) mass is 302 g/mol. The highest BCUT2D eigenvalue weighted by atomic mass is 35.5. The number of hydrogen-bond acceptors (Lipinski definition) is 2. The van der Waals surface area contributed by atoms with E-state index in [0.717, 1.165) is 11.1 Å². The van der Waals surface area contributed by atoms with E-state index in [1.165, 1.54) is 0 Å². The molecule has 0 bridgehead atoms.